The quantitative estimate of drug-likeness (QED) is 0.421. The third-order valence-electron chi connectivity index (χ3n) is 4.95. The van der Waals surface area contributed by atoms with Gasteiger partial charge in [0, 0.05) is 31.8 Å². The van der Waals surface area contributed by atoms with Gasteiger partial charge >= 0.3 is 0 Å². The molecule has 3 aromatic carbocycles. The fraction of sp³-hybridized carbons (Fsp3) is 0.208. The summed E-state index contributed by atoms with van der Waals surface area (Å²) >= 11 is 0. The number of nitro groups is 1. The number of hydrogen-bond donors (Lipinski definition) is 2. The van der Waals surface area contributed by atoms with Crippen molar-refractivity contribution in [2.75, 3.05) is 26.5 Å². The van der Waals surface area contributed by atoms with Crippen molar-refractivity contribution in [2.45, 2.75) is 13.1 Å². The van der Waals surface area contributed by atoms with Crippen molar-refractivity contribution in [2.24, 2.45) is 0 Å². The van der Waals surface area contributed by atoms with Crippen LogP contribution in [0.1, 0.15) is 21.5 Å². The van der Waals surface area contributed by atoms with Gasteiger partial charge in [-0.15, -0.1) is 0 Å². The third-order valence-corrected chi connectivity index (χ3v) is 4.95. The van der Waals surface area contributed by atoms with E-state index >= 15 is 0 Å². The fourth-order valence-electron chi connectivity index (χ4n) is 3.42. The molecule has 0 aromatic heterocycles. The molecule has 3 rings (SSSR count). The lowest BCUT2D eigenvalue weighted by molar-refractivity contribution is -0.384. The average molecular weight is 418 g/mol. The lowest BCUT2D eigenvalue weighted by atomic mass is 9.98. The van der Waals surface area contributed by atoms with Crippen molar-refractivity contribution in [3.05, 3.63) is 93.5 Å². The minimum absolute atomic E-state index is 0.131. The third kappa shape index (κ3) is 5.46. The zero-order valence-electron chi connectivity index (χ0n) is 17.9. The summed E-state index contributed by atoms with van der Waals surface area (Å²) in [6.45, 7) is 1.19. The highest BCUT2D eigenvalue weighted by Gasteiger charge is 2.17. The molecule has 7 heteroatoms. The van der Waals surface area contributed by atoms with Gasteiger partial charge in [-0.25, -0.2) is 0 Å². The van der Waals surface area contributed by atoms with Gasteiger partial charge < -0.3 is 15.5 Å². The van der Waals surface area contributed by atoms with Gasteiger partial charge in [0.2, 0.25) is 0 Å². The monoisotopic (exact) mass is 418 g/mol. The van der Waals surface area contributed by atoms with Crippen LogP contribution < -0.4 is 10.6 Å². The molecule has 0 radical (unpaired) electrons. The van der Waals surface area contributed by atoms with Crippen LogP contribution in [-0.2, 0) is 13.1 Å². The summed E-state index contributed by atoms with van der Waals surface area (Å²) in [4.78, 5) is 25.5. The fourth-order valence-corrected chi connectivity index (χ4v) is 3.42. The predicted octanol–water partition coefficient (Wildman–Crippen LogP) is 4.30. The van der Waals surface area contributed by atoms with Crippen LogP contribution in [0, 0.1) is 10.1 Å². The topological polar surface area (TPSA) is 87.5 Å². The number of rotatable bonds is 8. The van der Waals surface area contributed by atoms with E-state index in [9.17, 15) is 14.9 Å². The van der Waals surface area contributed by atoms with Crippen molar-refractivity contribution in [3.63, 3.8) is 0 Å². The Kier molecular flexibility index (Phi) is 6.99. The van der Waals surface area contributed by atoms with Crippen molar-refractivity contribution in [1.29, 1.82) is 0 Å². The van der Waals surface area contributed by atoms with Crippen LogP contribution in [0.15, 0.2) is 66.7 Å². The van der Waals surface area contributed by atoms with E-state index in [2.05, 4.69) is 39.8 Å². The minimum Gasteiger partial charge on any atom is -0.383 e. The second kappa shape index (κ2) is 9.86. The summed E-state index contributed by atoms with van der Waals surface area (Å²) in [5.74, 6) is -0.359. The van der Waals surface area contributed by atoms with Crippen molar-refractivity contribution < 1.29 is 9.72 Å². The van der Waals surface area contributed by atoms with E-state index < -0.39 is 4.92 Å². The van der Waals surface area contributed by atoms with Gasteiger partial charge in [-0.2, -0.15) is 0 Å². The highest BCUT2D eigenvalue weighted by atomic mass is 16.6. The maximum absolute atomic E-state index is 12.6. The molecule has 2 N–H and O–H groups in total. The van der Waals surface area contributed by atoms with E-state index in [1.807, 2.05) is 38.4 Å². The Balaban J connectivity index is 1.77. The largest absolute Gasteiger partial charge is 0.383 e. The van der Waals surface area contributed by atoms with E-state index in [1.165, 1.54) is 17.7 Å². The minimum atomic E-state index is -0.502. The van der Waals surface area contributed by atoms with Crippen LogP contribution in [-0.4, -0.2) is 36.9 Å². The summed E-state index contributed by atoms with van der Waals surface area (Å²) < 4.78 is 0. The molecular formula is C24H26N4O3. The highest BCUT2D eigenvalue weighted by Crippen LogP contribution is 2.26. The number of amides is 1. The number of anilines is 1. The summed E-state index contributed by atoms with van der Waals surface area (Å²) in [6.07, 6.45) is 0. The zero-order chi connectivity index (χ0) is 22.4. The zero-order valence-corrected chi connectivity index (χ0v) is 17.9. The molecule has 0 spiro atoms. The molecule has 0 aliphatic carbocycles. The Labute approximate surface area is 181 Å². The van der Waals surface area contributed by atoms with E-state index in [4.69, 9.17) is 0 Å². The second-order valence-electron chi connectivity index (χ2n) is 7.51. The highest BCUT2D eigenvalue weighted by molar-refractivity contribution is 5.95. The van der Waals surface area contributed by atoms with Crippen LogP contribution in [0.4, 0.5) is 11.4 Å². The van der Waals surface area contributed by atoms with Gasteiger partial charge in [0.1, 0.15) is 5.69 Å². The maximum Gasteiger partial charge on any atom is 0.293 e. The van der Waals surface area contributed by atoms with Crippen molar-refractivity contribution in [1.82, 2.24) is 10.2 Å². The molecule has 0 saturated heterocycles. The molecule has 7 nitrogen and oxygen atoms in total. The second-order valence-corrected chi connectivity index (χ2v) is 7.51. The molecular weight excluding hydrogens is 392 g/mol. The Hall–Kier alpha value is -3.71. The van der Waals surface area contributed by atoms with Crippen LogP contribution in [0.3, 0.4) is 0 Å². The summed E-state index contributed by atoms with van der Waals surface area (Å²) in [5.41, 5.74) is 4.79. The summed E-state index contributed by atoms with van der Waals surface area (Å²) in [6, 6.07) is 20.7. The molecule has 0 atom stereocenters. The lowest BCUT2D eigenvalue weighted by Gasteiger charge is -2.13. The molecule has 3 aromatic rings. The molecule has 0 heterocycles. The average Bonchev–Trinajstić information content (AvgIpc) is 2.77. The van der Waals surface area contributed by atoms with Crippen LogP contribution in [0.5, 0.6) is 0 Å². The molecule has 0 aliphatic heterocycles. The summed E-state index contributed by atoms with van der Waals surface area (Å²) in [7, 11) is 5.67. The lowest BCUT2D eigenvalue weighted by Crippen LogP contribution is -2.23. The Bertz CT molecular complexity index is 1080. The SMILES string of the molecule is CNc1ccc(C(=O)NCc2ccccc2-c2ccc(CN(C)C)cc2)cc1[N+](=O)[O-]. The van der Waals surface area contributed by atoms with E-state index in [0.29, 0.717) is 12.2 Å². The Morgan fingerprint density at radius 3 is 2.39 bits per heavy atom. The van der Waals surface area contributed by atoms with Gasteiger partial charge in [-0.05, 0) is 48.5 Å². The summed E-state index contributed by atoms with van der Waals surface area (Å²) in [5, 5.41) is 16.9. The van der Waals surface area contributed by atoms with E-state index in [1.54, 1.807) is 13.1 Å². The number of carbonyl (C=O) groups excluding carboxylic acids is 1. The molecule has 0 aliphatic rings. The predicted molar refractivity (Wildman–Crippen MR) is 123 cm³/mol. The van der Waals surface area contributed by atoms with Gasteiger partial charge in [0.15, 0.2) is 0 Å². The first-order valence-corrected chi connectivity index (χ1v) is 9.95. The first-order chi connectivity index (χ1) is 14.9. The number of benzene rings is 3. The van der Waals surface area contributed by atoms with E-state index in [-0.39, 0.29) is 17.2 Å². The molecule has 0 saturated carbocycles. The molecule has 0 bridgehead atoms. The standard InChI is InChI=1S/C24H26N4O3/c1-25-22-13-12-19(14-23(22)28(30)31)24(29)26-15-20-6-4-5-7-21(20)18-10-8-17(9-11-18)16-27(2)3/h4-14,25H,15-16H2,1-3H3,(H,26,29). The Morgan fingerprint density at radius 2 is 1.74 bits per heavy atom. The molecule has 31 heavy (non-hydrogen) atoms. The normalized spacial score (nSPS) is 10.7. The molecule has 160 valence electrons. The number of nitro benzene ring substituents is 1. The number of hydrogen-bond acceptors (Lipinski definition) is 5. The number of nitrogens with zero attached hydrogens (tertiary/aromatic N) is 2. The van der Waals surface area contributed by atoms with Gasteiger partial charge in [-0.3, -0.25) is 14.9 Å². The van der Waals surface area contributed by atoms with E-state index in [0.717, 1.165) is 23.2 Å². The van der Waals surface area contributed by atoms with Crippen molar-refractivity contribution in [3.8, 4) is 11.1 Å². The molecule has 0 fully saturated rings. The van der Waals surface area contributed by atoms with Crippen LogP contribution in [0.2, 0.25) is 0 Å². The number of carbonyl (C=O) groups is 1. The number of nitrogens with one attached hydrogen (secondary N) is 2. The molecule has 0 unspecified atom stereocenters. The smallest absolute Gasteiger partial charge is 0.293 e. The Morgan fingerprint density at radius 1 is 1.03 bits per heavy atom. The maximum atomic E-state index is 12.6. The van der Waals surface area contributed by atoms with Gasteiger partial charge in [0.25, 0.3) is 11.6 Å². The first kappa shape index (κ1) is 22.0. The van der Waals surface area contributed by atoms with Gasteiger partial charge in [-0.1, -0.05) is 48.5 Å². The van der Waals surface area contributed by atoms with Crippen molar-refractivity contribution >= 4 is 17.3 Å². The van der Waals surface area contributed by atoms with Crippen LogP contribution >= 0.6 is 0 Å². The van der Waals surface area contributed by atoms with Crippen LogP contribution in [0.25, 0.3) is 11.1 Å². The van der Waals surface area contributed by atoms with Gasteiger partial charge in [0.05, 0.1) is 4.92 Å². The molecule has 1 amide bonds. The first-order valence-electron chi connectivity index (χ1n) is 9.95.